The van der Waals surface area contributed by atoms with Crippen LogP contribution in [0.5, 0.6) is 0 Å². The van der Waals surface area contributed by atoms with Crippen LogP contribution in [0.2, 0.25) is 0 Å². The van der Waals surface area contributed by atoms with E-state index in [9.17, 15) is 18.0 Å². The van der Waals surface area contributed by atoms with Crippen LogP contribution in [0, 0.1) is 0 Å². The Kier molecular flexibility index (Phi) is 3.90. The normalized spacial score (nSPS) is 23.3. The summed E-state index contributed by atoms with van der Waals surface area (Å²) >= 11 is 0. The SMILES string of the molecule is O=C(O/C1=C/C=C\CCOC1)C(F)(F)F. The molecule has 15 heavy (non-hydrogen) atoms. The van der Waals surface area contributed by atoms with Crippen LogP contribution in [-0.2, 0) is 14.3 Å². The Morgan fingerprint density at radius 1 is 1.47 bits per heavy atom. The van der Waals surface area contributed by atoms with Gasteiger partial charge in [0.15, 0.2) is 0 Å². The second-order valence-electron chi connectivity index (χ2n) is 2.79. The van der Waals surface area contributed by atoms with Gasteiger partial charge >= 0.3 is 12.1 Å². The van der Waals surface area contributed by atoms with E-state index >= 15 is 0 Å². The highest BCUT2D eigenvalue weighted by molar-refractivity contribution is 5.76. The molecule has 0 atom stereocenters. The van der Waals surface area contributed by atoms with Crippen molar-refractivity contribution in [1.82, 2.24) is 0 Å². The maximum atomic E-state index is 11.8. The quantitative estimate of drug-likeness (QED) is 0.636. The summed E-state index contributed by atoms with van der Waals surface area (Å²) in [5.74, 6) is -2.38. The summed E-state index contributed by atoms with van der Waals surface area (Å²) in [5.41, 5.74) is 0. The van der Waals surface area contributed by atoms with Gasteiger partial charge in [-0.25, -0.2) is 4.79 Å². The number of hydrogen-bond donors (Lipinski definition) is 0. The fourth-order valence-corrected chi connectivity index (χ4v) is 0.884. The van der Waals surface area contributed by atoms with Crippen molar-refractivity contribution in [2.24, 2.45) is 0 Å². The third-order valence-corrected chi connectivity index (χ3v) is 1.55. The van der Waals surface area contributed by atoms with Crippen LogP contribution in [0.1, 0.15) is 6.42 Å². The molecule has 0 aromatic heterocycles. The third kappa shape index (κ3) is 4.16. The first kappa shape index (κ1) is 11.8. The summed E-state index contributed by atoms with van der Waals surface area (Å²) in [5, 5.41) is 0. The molecular formula is C9H9F3O3. The molecule has 0 bridgehead atoms. The number of carbonyl (C=O) groups is 1. The van der Waals surface area contributed by atoms with Gasteiger partial charge < -0.3 is 9.47 Å². The summed E-state index contributed by atoms with van der Waals surface area (Å²) in [7, 11) is 0. The number of ether oxygens (including phenoxy) is 2. The second-order valence-corrected chi connectivity index (χ2v) is 2.79. The molecule has 0 N–H and O–H groups in total. The van der Waals surface area contributed by atoms with Crippen molar-refractivity contribution >= 4 is 5.97 Å². The molecule has 6 heteroatoms. The highest BCUT2D eigenvalue weighted by Gasteiger charge is 2.41. The van der Waals surface area contributed by atoms with Gasteiger partial charge in [0.1, 0.15) is 12.4 Å². The Morgan fingerprint density at radius 3 is 2.87 bits per heavy atom. The van der Waals surface area contributed by atoms with Gasteiger partial charge in [-0.05, 0) is 12.5 Å². The zero-order valence-corrected chi connectivity index (χ0v) is 7.71. The molecule has 1 heterocycles. The van der Waals surface area contributed by atoms with E-state index in [1.54, 1.807) is 6.08 Å². The van der Waals surface area contributed by atoms with Gasteiger partial charge in [-0.15, -0.1) is 0 Å². The van der Waals surface area contributed by atoms with Gasteiger partial charge in [0.05, 0.1) is 6.61 Å². The number of hydrogen-bond acceptors (Lipinski definition) is 3. The lowest BCUT2D eigenvalue weighted by Gasteiger charge is -2.11. The Balaban J connectivity index is 2.59. The minimum Gasteiger partial charge on any atom is -0.422 e. The van der Waals surface area contributed by atoms with E-state index < -0.39 is 12.1 Å². The summed E-state index contributed by atoms with van der Waals surface area (Å²) in [6.07, 6.45) is 0.217. The lowest BCUT2D eigenvalue weighted by atomic mass is 10.3. The highest BCUT2D eigenvalue weighted by Crippen LogP contribution is 2.18. The summed E-state index contributed by atoms with van der Waals surface area (Å²) in [6.45, 7) is 0.254. The predicted octanol–water partition coefficient (Wildman–Crippen LogP) is 1.95. The summed E-state index contributed by atoms with van der Waals surface area (Å²) in [4.78, 5) is 10.5. The van der Waals surface area contributed by atoms with Crippen LogP contribution in [-0.4, -0.2) is 25.4 Å². The molecule has 0 fully saturated rings. The number of rotatable bonds is 1. The molecular weight excluding hydrogens is 213 g/mol. The van der Waals surface area contributed by atoms with Gasteiger partial charge in [-0.2, -0.15) is 13.2 Å². The number of alkyl halides is 3. The zero-order chi connectivity index (χ0) is 11.3. The number of esters is 1. The van der Waals surface area contributed by atoms with Gasteiger partial charge in [0.2, 0.25) is 0 Å². The molecule has 1 rings (SSSR count). The summed E-state index contributed by atoms with van der Waals surface area (Å²) in [6, 6.07) is 0. The van der Waals surface area contributed by atoms with E-state index in [4.69, 9.17) is 4.74 Å². The van der Waals surface area contributed by atoms with Crippen LogP contribution in [0.15, 0.2) is 24.0 Å². The van der Waals surface area contributed by atoms with Crippen molar-refractivity contribution in [2.75, 3.05) is 13.2 Å². The second kappa shape index (κ2) is 4.97. The van der Waals surface area contributed by atoms with Crippen LogP contribution < -0.4 is 0 Å². The minimum atomic E-state index is -4.98. The van der Waals surface area contributed by atoms with Gasteiger partial charge in [0, 0.05) is 0 Å². The van der Waals surface area contributed by atoms with E-state index in [0.29, 0.717) is 13.0 Å². The molecule has 0 aromatic carbocycles. The first-order valence-corrected chi connectivity index (χ1v) is 4.22. The molecule has 0 radical (unpaired) electrons. The van der Waals surface area contributed by atoms with Crippen molar-refractivity contribution in [3.05, 3.63) is 24.0 Å². The maximum Gasteiger partial charge on any atom is 0.491 e. The van der Waals surface area contributed by atoms with E-state index in [2.05, 4.69) is 4.74 Å². The number of carbonyl (C=O) groups excluding carboxylic acids is 1. The largest absolute Gasteiger partial charge is 0.491 e. The molecule has 0 aliphatic carbocycles. The Morgan fingerprint density at radius 2 is 2.20 bits per heavy atom. The molecule has 0 spiro atoms. The van der Waals surface area contributed by atoms with E-state index in [1.807, 2.05) is 0 Å². The fourth-order valence-electron chi connectivity index (χ4n) is 0.884. The maximum absolute atomic E-state index is 11.8. The van der Waals surface area contributed by atoms with Crippen molar-refractivity contribution in [3.63, 3.8) is 0 Å². The van der Waals surface area contributed by atoms with Crippen LogP contribution in [0.3, 0.4) is 0 Å². The molecule has 1 aliphatic heterocycles. The van der Waals surface area contributed by atoms with Gasteiger partial charge in [0.25, 0.3) is 0 Å². The molecule has 0 unspecified atom stereocenters. The van der Waals surface area contributed by atoms with Crippen molar-refractivity contribution in [2.45, 2.75) is 12.6 Å². The Hall–Kier alpha value is -1.30. The fraction of sp³-hybridized carbons (Fsp3) is 0.444. The summed E-state index contributed by atoms with van der Waals surface area (Å²) < 4.78 is 44.5. The number of allylic oxidation sites excluding steroid dienone is 2. The van der Waals surface area contributed by atoms with E-state index in [-0.39, 0.29) is 12.4 Å². The minimum absolute atomic E-state index is 0.133. The Labute approximate surface area is 84.2 Å². The number of halogens is 3. The first-order valence-electron chi connectivity index (χ1n) is 4.22. The molecule has 0 amide bonds. The van der Waals surface area contributed by atoms with Crippen LogP contribution in [0.25, 0.3) is 0 Å². The predicted molar refractivity (Wildman–Crippen MR) is 44.8 cm³/mol. The lowest BCUT2D eigenvalue weighted by molar-refractivity contribution is -0.196. The molecule has 0 saturated carbocycles. The monoisotopic (exact) mass is 222 g/mol. The van der Waals surface area contributed by atoms with Crippen molar-refractivity contribution in [1.29, 1.82) is 0 Å². The highest BCUT2D eigenvalue weighted by atomic mass is 19.4. The first-order chi connectivity index (χ1) is 7.00. The topological polar surface area (TPSA) is 35.5 Å². The Bertz CT molecular complexity index is 291. The van der Waals surface area contributed by atoms with Crippen LogP contribution in [0.4, 0.5) is 13.2 Å². The standard InChI is InChI=1S/C9H9F3O3/c10-9(11,12)8(13)15-7-4-2-1-3-5-14-6-7/h1-2,4H,3,5-6H2/b2-1-,7-4+. The smallest absolute Gasteiger partial charge is 0.422 e. The average molecular weight is 222 g/mol. The molecule has 1 aliphatic rings. The zero-order valence-electron chi connectivity index (χ0n) is 7.71. The van der Waals surface area contributed by atoms with E-state index in [0.717, 1.165) is 0 Å². The lowest BCUT2D eigenvalue weighted by Crippen LogP contribution is -2.26. The van der Waals surface area contributed by atoms with Gasteiger partial charge in [-0.1, -0.05) is 12.2 Å². The third-order valence-electron chi connectivity index (χ3n) is 1.55. The average Bonchev–Trinajstić information content (AvgIpc) is 2.07. The van der Waals surface area contributed by atoms with Gasteiger partial charge in [-0.3, -0.25) is 0 Å². The van der Waals surface area contributed by atoms with Crippen molar-refractivity contribution < 1.29 is 27.4 Å². The molecule has 0 aromatic rings. The van der Waals surface area contributed by atoms with E-state index in [1.165, 1.54) is 12.2 Å². The van der Waals surface area contributed by atoms with Crippen molar-refractivity contribution in [3.8, 4) is 0 Å². The molecule has 0 saturated heterocycles. The van der Waals surface area contributed by atoms with Crippen LogP contribution >= 0.6 is 0 Å². The molecule has 3 nitrogen and oxygen atoms in total. The molecule has 84 valence electrons.